The first-order valence-electron chi connectivity index (χ1n) is 6.69. The topological polar surface area (TPSA) is 88.0 Å². The summed E-state index contributed by atoms with van der Waals surface area (Å²) < 4.78 is 1.58. The minimum atomic E-state index is -0.229. The first-order chi connectivity index (χ1) is 10.1. The van der Waals surface area contributed by atoms with Crippen molar-refractivity contribution in [3.05, 3.63) is 47.2 Å². The van der Waals surface area contributed by atoms with Crippen LogP contribution < -0.4 is 5.32 Å². The zero-order chi connectivity index (χ0) is 15.0. The third-order valence-corrected chi connectivity index (χ3v) is 3.43. The molecular weight excluding hydrogens is 268 g/mol. The van der Waals surface area contributed by atoms with Crippen LogP contribution in [-0.2, 0) is 0 Å². The quantitative estimate of drug-likeness (QED) is 0.764. The van der Waals surface area contributed by atoms with Crippen LogP contribution in [0, 0.1) is 13.8 Å². The van der Waals surface area contributed by atoms with Crippen LogP contribution in [-0.4, -0.2) is 30.7 Å². The molecule has 3 heterocycles. The van der Waals surface area contributed by atoms with Crippen molar-refractivity contribution in [1.82, 2.24) is 30.1 Å². The Balaban J connectivity index is 1.83. The zero-order valence-electron chi connectivity index (χ0n) is 12.1. The van der Waals surface area contributed by atoms with Crippen molar-refractivity contribution in [3.8, 4) is 0 Å². The molecule has 0 aliphatic heterocycles. The van der Waals surface area contributed by atoms with Crippen LogP contribution in [0.3, 0.4) is 0 Å². The molecule has 7 nitrogen and oxygen atoms in total. The van der Waals surface area contributed by atoms with E-state index in [-0.39, 0.29) is 11.9 Å². The van der Waals surface area contributed by atoms with Gasteiger partial charge < -0.3 is 5.32 Å². The molecule has 0 unspecified atom stereocenters. The number of nitrogens with one attached hydrogen (secondary N) is 2. The highest BCUT2D eigenvalue weighted by atomic mass is 16.2. The Labute approximate surface area is 121 Å². The number of rotatable bonds is 3. The Morgan fingerprint density at radius 1 is 1.43 bits per heavy atom. The Hall–Kier alpha value is -2.70. The minimum absolute atomic E-state index is 0.144. The van der Waals surface area contributed by atoms with Crippen LogP contribution in [0.15, 0.2) is 24.5 Å². The maximum absolute atomic E-state index is 12.3. The number of H-pyrrole nitrogens is 1. The van der Waals surface area contributed by atoms with E-state index >= 15 is 0 Å². The molecule has 0 saturated heterocycles. The van der Waals surface area contributed by atoms with Crippen LogP contribution in [0.25, 0.3) is 5.65 Å². The highest BCUT2D eigenvalue weighted by Gasteiger charge is 2.19. The van der Waals surface area contributed by atoms with Gasteiger partial charge in [-0.1, -0.05) is 0 Å². The SMILES string of the molecule is Cc1n[nH]c(C)c1[C@H](C)NC(=O)c1cc2ncccn2n1. The molecule has 1 amide bonds. The second-order valence-electron chi connectivity index (χ2n) is 4.99. The van der Waals surface area contributed by atoms with Crippen molar-refractivity contribution >= 4 is 11.6 Å². The fourth-order valence-corrected chi connectivity index (χ4v) is 2.48. The molecule has 0 aliphatic carbocycles. The molecule has 7 heteroatoms. The average molecular weight is 284 g/mol. The number of aromatic amines is 1. The van der Waals surface area contributed by atoms with Gasteiger partial charge in [0.15, 0.2) is 11.3 Å². The summed E-state index contributed by atoms with van der Waals surface area (Å²) in [6.07, 6.45) is 3.42. The molecule has 3 rings (SSSR count). The molecule has 3 aromatic rings. The number of aryl methyl sites for hydroxylation is 2. The van der Waals surface area contributed by atoms with Crippen molar-refractivity contribution in [1.29, 1.82) is 0 Å². The molecule has 21 heavy (non-hydrogen) atoms. The summed E-state index contributed by atoms with van der Waals surface area (Å²) in [6.45, 7) is 5.78. The molecule has 2 N–H and O–H groups in total. The predicted molar refractivity (Wildman–Crippen MR) is 76.9 cm³/mol. The van der Waals surface area contributed by atoms with Gasteiger partial charge in [0.2, 0.25) is 0 Å². The van der Waals surface area contributed by atoms with Crippen LogP contribution in [0.4, 0.5) is 0 Å². The van der Waals surface area contributed by atoms with E-state index in [2.05, 4.69) is 25.6 Å². The molecule has 0 fully saturated rings. The zero-order valence-corrected chi connectivity index (χ0v) is 12.1. The van der Waals surface area contributed by atoms with E-state index in [1.165, 1.54) is 0 Å². The first kappa shape index (κ1) is 13.3. The van der Waals surface area contributed by atoms with Gasteiger partial charge >= 0.3 is 0 Å². The number of carbonyl (C=O) groups excluding carboxylic acids is 1. The van der Waals surface area contributed by atoms with Gasteiger partial charge in [-0.15, -0.1) is 0 Å². The van der Waals surface area contributed by atoms with E-state index in [0.29, 0.717) is 11.3 Å². The first-order valence-corrected chi connectivity index (χ1v) is 6.69. The molecule has 0 radical (unpaired) electrons. The van der Waals surface area contributed by atoms with Crippen molar-refractivity contribution in [2.24, 2.45) is 0 Å². The lowest BCUT2D eigenvalue weighted by molar-refractivity contribution is 0.0934. The van der Waals surface area contributed by atoms with Gasteiger partial charge in [-0.2, -0.15) is 10.2 Å². The monoisotopic (exact) mass is 284 g/mol. The fourth-order valence-electron chi connectivity index (χ4n) is 2.48. The van der Waals surface area contributed by atoms with Crippen LogP contribution in [0.5, 0.6) is 0 Å². The maximum Gasteiger partial charge on any atom is 0.272 e. The van der Waals surface area contributed by atoms with E-state index in [4.69, 9.17) is 0 Å². The third kappa shape index (κ3) is 2.37. The molecule has 0 aliphatic rings. The van der Waals surface area contributed by atoms with Crippen LogP contribution in [0.1, 0.15) is 40.4 Å². The molecular formula is C14H16N6O. The number of amides is 1. The maximum atomic E-state index is 12.3. The average Bonchev–Trinajstić information content (AvgIpc) is 3.02. The Morgan fingerprint density at radius 3 is 2.90 bits per heavy atom. The van der Waals surface area contributed by atoms with E-state index in [9.17, 15) is 4.79 Å². The summed E-state index contributed by atoms with van der Waals surface area (Å²) in [4.78, 5) is 16.4. The van der Waals surface area contributed by atoms with Crippen molar-refractivity contribution in [2.45, 2.75) is 26.8 Å². The van der Waals surface area contributed by atoms with Gasteiger partial charge in [0.1, 0.15) is 0 Å². The molecule has 3 aromatic heterocycles. The summed E-state index contributed by atoms with van der Waals surface area (Å²) in [5.74, 6) is -0.229. The Bertz CT molecular complexity index is 750. The normalized spacial score (nSPS) is 12.5. The predicted octanol–water partition coefficient (Wildman–Crippen LogP) is 1.56. The van der Waals surface area contributed by atoms with Crippen LogP contribution >= 0.6 is 0 Å². The number of fused-ring (bicyclic) bond motifs is 1. The summed E-state index contributed by atoms with van der Waals surface area (Å²) in [6, 6.07) is 3.29. The lowest BCUT2D eigenvalue weighted by Crippen LogP contribution is -2.27. The Morgan fingerprint density at radius 2 is 2.24 bits per heavy atom. The van der Waals surface area contributed by atoms with E-state index in [1.807, 2.05) is 20.8 Å². The minimum Gasteiger partial charge on any atom is -0.344 e. The van der Waals surface area contributed by atoms with E-state index < -0.39 is 0 Å². The van der Waals surface area contributed by atoms with Gasteiger partial charge in [0.05, 0.1) is 11.7 Å². The molecule has 1 atom stereocenters. The summed E-state index contributed by atoms with van der Waals surface area (Å²) in [7, 11) is 0. The van der Waals surface area contributed by atoms with Gasteiger partial charge in [-0.05, 0) is 26.8 Å². The molecule has 0 saturated carbocycles. The number of carbonyl (C=O) groups is 1. The largest absolute Gasteiger partial charge is 0.344 e. The van der Waals surface area contributed by atoms with E-state index in [0.717, 1.165) is 17.0 Å². The number of hydrogen-bond donors (Lipinski definition) is 2. The second-order valence-corrected chi connectivity index (χ2v) is 4.99. The van der Waals surface area contributed by atoms with Gasteiger partial charge in [-0.25, -0.2) is 9.50 Å². The lowest BCUT2D eigenvalue weighted by atomic mass is 10.1. The smallest absolute Gasteiger partial charge is 0.272 e. The number of aromatic nitrogens is 5. The van der Waals surface area contributed by atoms with Crippen molar-refractivity contribution in [3.63, 3.8) is 0 Å². The highest BCUT2D eigenvalue weighted by Crippen LogP contribution is 2.19. The van der Waals surface area contributed by atoms with Crippen molar-refractivity contribution < 1.29 is 4.79 Å². The van der Waals surface area contributed by atoms with Crippen molar-refractivity contribution in [2.75, 3.05) is 0 Å². The lowest BCUT2D eigenvalue weighted by Gasteiger charge is -2.13. The highest BCUT2D eigenvalue weighted by molar-refractivity contribution is 5.93. The summed E-state index contributed by atoms with van der Waals surface area (Å²) >= 11 is 0. The number of nitrogens with zero attached hydrogens (tertiary/aromatic N) is 4. The molecule has 108 valence electrons. The number of hydrogen-bond acceptors (Lipinski definition) is 4. The van der Waals surface area contributed by atoms with Gasteiger partial charge in [0.25, 0.3) is 5.91 Å². The third-order valence-electron chi connectivity index (χ3n) is 3.43. The Kier molecular flexibility index (Phi) is 3.17. The molecule has 0 spiro atoms. The summed E-state index contributed by atoms with van der Waals surface area (Å²) in [5.41, 5.74) is 3.84. The van der Waals surface area contributed by atoms with Crippen LogP contribution in [0.2, 0.25) is 0 Å². The van der Waals surface area contributed by atoms with E-state index in [1.54, 1.807) is 29.0 Å². The fraction of sp³-hybridized carbons (Fsp3) is 0.286. The van der Waals surface area contributed by atoms with Gasteiger partial charge in [-0.3, -0.25) is 9.89 Å². The molecule has 0 bridgehead atoms. The standard InChI is InChI=1S/C14H16N6O/c1-8(13-9(2)17-18-10(13)3)16-14(21)11-7-12-15-5-4-6-20(12)19-11/h4-8H,1-3H3,(H,16,21)(H,17,18)/t8-/m0/s1. The van der Waals surface area contributed by atoms with Gasteiger partial charge in [0, 0.05) is 29.7 Å². The molecule has 0 aromatic carbocycles. The second kappa shape index (κ2) is 5.01. The summed E-state index contributed by atoms with van der Waals surface area (Å²) in [5, 5.41) is 14.2.